The van der Waals surface area contributed by atoms with Crippen molar-refractivity contribution >= 4 is 16.7 Å². The minimum Gasteiger partial charge on any atom is -0.437 e. The highest BCUT2D eigenvalue weighted by atomic mass is 16.5. The molecule has 0 atom stereocenters. The molecule has 3 rings (SSSR count). The third-order valence-corrected chi connectivity index (χ3v) is 2.89. The number of aromatic nitrogens is 2. The first-order valence-electron chi connectivity index (χ1n) is 5.98. The van der Waals surface area contributed by atoms with Crippen molar-refractivity contribution in [1.29, 1.82) is 0 Å². The molecule has 1 heterocycles. The SMILES string of the molecule is Cc1cc(Oc2cnc3ccccc3n2)ccc1N. The fourth-order valence-corrected chi connectivity index (χ4v) is 1.82. The largest absolute Gasteiger partial charge is 0.437 e. The number of aryl methyl sites for hydroxylation is 1. The topological polar surface area (TPSA) is 61.0 Å². The fourth-order valence-electron chi connectivity index (χ4n) is 1.82. The molecule has 4 heteroatoms. The lowest BCUT2D eigenvalue weighted by Crippen LogP contribution is -1.93. The smallest absolute Gasteiger partial charge is 0.238 e. The van der Waals surface area contributed by atoms with E-state index in [-0.39, 0.29) is 0 Å². The van der Waals surface area contributed by atoms with Crippen molar-refractivity contribution < 1.29 is 4.74 Å². The van der Waals surface area contributed by atoms with Crippen LogP contribution in [-0.4, -0.2) is 9.97 Å². The Morgan fingerprint density at radius 1 is 1.05 bits per heavy atom. The molecule has 0 saturated carbocycles. The zero-order valence-electron chi connectivity index (χ0n) is 10.5. The fraction of sp³-hybridized carbons (Fsp3) is 0.0667. The average Bonchev–Trinajstić information content (AvgIpc) is 2.43. The summed E-state index contributed by atoms with van der Waals surface area (Å²) < 4.78 is 5.69. The number of anilines is 1. The Labute approximate surface area is 110 Å². The van der Waals surface area contributed by atoms with E-state index in [9.17, 15) is 0 Å². The van der Waals surface area contributed by atoms with Gasteiger partial charge >= 0.3 is 0 Å². The molecule has 0 radical (unpaired) electrons. The van der Waals surface area contributed by atoms with Gasteiger partial charge in [0.15, 0.2) is 0 Å². The van der Waals surface area contributed by atoms with E-state index in [1.807, 2.05) is 49.4 Å². The monoisotopic (exact) mass is 251 g/mol. The molecule has 94 valence electrons. The van der Waals surface area contributed by atoms with Crippen LogP contribution in [0.25, 0.3) is 11.0 Å². The summed E-state index contributed by atoms with van der Waals surface area (Å²) in [5.74, 6) is 1.18. The van der Waals surface area contributed by atoms with Crippen LogP contribution < -0.4 is 10.5 Å². The molecule has 0 amide bonds. The number of nitrogens with zero attached hydrogens (tertiary/aromatic N) is 2. The molecule has 19 heavy (non-hydrogen) atoms. The second kappa shape index (κ2) is 4.57. The van der Waals surface area contributed by atoms with Gasteiger partial charge in [-0.25, -0.2) is 9.97 Å². The average molecular weight is 251 g/mol. The second-order valence-corrected chi connectivity index (χ2v) is 4.32. The number of rotatable bonds is 2. The van der Waals surface area contributed by atoms with Crippen LogP contribution in [0.2, 0.25) is 0 Å². The van der Waals surface area contributed by atoms with Gasteiger partial charge in [-0.15, -0.1) is 0 Å². The van der Waals surface area contributed by atoms with Gasteiger partial charge in [0.1, 0.15) is 5.75 Å². The predicted octanol–water partition coefficient (Wildman–Crippen LogP) is 3.31. The van der Waals surface area contributed by atoms with E-state index in [0.29, 0.717) is 11.6 Å². The Kier molecular flexibility index (Phi) is 2.76. The molecule has 3 aromatic rings. The van der Waals surface area contributed by atoms with Gasteiger partial charge in [-0.3, -0.25) is 0 Å². The lowest BCUT2D eigenvalue weighted by Gasteiger charge is -2.07. The minimum absolute atomic E-state index is 0.475. The highest BCUT2D eigenvalue weighted by molar-refractivity contribution is 5.74. The number of benzene rings is 2. The van der Waals surface area contributed by atoms with Crippen LogP contribution in [0.15, 0.2) is 48.7 Å². The Balaban J connectivity index is 1.94. The normalized spacial score (nSPS) is 10.6. The van der Waals surface area contributed by atoms with Crippen molar-refractivity contribution in [3.8, 4) is 11.6 Å². The van der Waals surface area contributed by atoms with E-state index in [2.05, 4.69) is 9.97 Å². The van der Waals surface area contributed by atoms with Crippen LogP contribution in [0.3, 0.4) is 0 Å². The summed E-state index contributed by atoms with van der Waals surface area (Å²) in [6.45, 7) is 1.94. The maximum absolute atomic E-state index is 5.77. The van der Waals surface area contributed by atoms with Gasteiger partial charge in [0.25, 0.3) is 0 Å². The van der Waals surface area contributed by atoms with Crippen LogP contribution in [0.1, 0.15) is 5.56 Å². The molecular formula is C15H13N3O. The van der Waals surface area contributed by atoms with E-state index in [0.717, 1.165) is 22.3 Å². The molecule has 2 aromatic carbocycles. The standard InChI is InChI=1S/C15H13N3O/c1-10-8-11(6-7-12(10)16)19-15-9-17-13-4-2-3-5-14(13)18-15/h2-9H,16H2,1H3. The number of para-hydroxylation sites is 2. The molecule has 0 saturated heterocycles. The summed E-state index contributed by atoms with van der Waals surface area (Å²) in [6.07, 6.45) is 1.62. The summed E-state index contributed by atoms with van der Waals surface area (Å²) >= 11 is 0. The summed E-state index contributed by atoms with van der Waals surface area (Å²) in [7, 11) is 0. The van der Waals surface area contributed by atoms with E-state index in [1.165, 1.54) is 0 Å². The van der Waals surface area contributed by atoms with Crippen LogP contribution in [0.4, 0.5) is 5.69 Å². The molecule has 0 aliphatic rings. The van der Waals surface area contributed by atoms with Crippen LogP contribution in [0.5, 0.6) is 11.6 Å². The summed E-state index contributed by atoms with van der Waals surface area (Å²) in [5, 5.41) is 0. The highest BCUT2D eigenvalue weighted by Crippen LogP contribution is 2.24. The van der Waals surface area contributed by atoms with Crippen molar-refractivity contribution in [3.63, 3.8) is 0 Å². The molecule has 0 bridgehead atoms. The molecule has 0 aliphatic carbocycles. The maximum Gasteiger partial charge on any atom is 0.238 e. The summed E-state index contributed by atoms with van der Waals surface area (Å²) in [4.78, 5) is 8.71. The number of fused-ring (bicyclic) bond motifs is 1. The molecule has 0 unspecified atom stereocenters. The minimum atomic E-state index is 0.475. The number of ether oxygens (including phenoxy) is 1. The summed E-state index contributed by atoms with van der Waals surface area (Å²) in [6, 6.07) is 13.2. The highest BCUT2D eigenvalue weighted by Gasteiger charge is 2.03. The first-order valence-corrected chi connectivity index (χ1v) is 5.98. The third kappa shape index (κ3) is 2.33. The van der Waals surface area contributed by atoms with Crippen molar-refractivity contribution in [2.45, 2.75) is 6.92 Å². The van der Waals surface area contributed by atoms with Crippen LogP contribution >= 0.6 is 0 Å². The van der Waals surface area contributed by atoms with Crippen molar-refractivity contribution in [2.75, 3.05) is 5.73 Å². The van der Waals surface area contributed by atoms with E-state index < -0.39 is 0 Å². The molecular weight excluding hydrogens is 238 g/mol. The third-order valence-electron chi connectivity index (χ3n) is 2.89. The molecule has 0 fully saturated rings. The van der Waals surface area contributed by atoms with Crippen molar-refractivity contribution in [3.05, 3.63) is 54.2 Å². The number of nitrogens with two attached hydrogens (primary N) is 1. The molecule has 0 spiro atoms. The summed E-state index contributed by atoms with van der Waals surface area (Å²) in [5.41, 5.74) is 9.16. The lowest BCUT2D eigenvalue weighted by molar-refractivity contribution is 0.462. The van der Waals surface area contributed by atoms with Crippen LogP contribution in [0, 0.1) is 6.92 Å². The molecule has 2 N–H and O–H groups in total. The Hall–Kier alpha value is -2.62. The van der Waals surface area contributed by atoms with E-state index in [1.54, 1.807) is 6.20 Å². The number of nitrogen functional groups attached to an aromatic ring is 1. The van der Waals surface area contributed by atoms with Crippen LogP contribution in [-0.2, 0) is 0 Å². The van der Waals surface area contributed by atoms with Crippen molar-refractivity contribution in [2.24, 2.45) is 0 Å². The molecule has 0 aliphatic heterocycles. The zero-order valence-corrected chi connectivity index (χ0v) is 10.5. The second-order valence-electron chi connectivity index (χ2n) is 4.32. The molecule has 1 aromatic heterocycles. The first kappa shape index (κ1) is 11.5. The zero-order chi connectivity index (χ0) is 13.2. The predicted molar refractivity (Wildman–Crippen MR) is 75.2 cm³/mol. The quantitative estimate of drug-likeness (QED) is 0.710. The van der Waals surface area contributed by atoms with Gasteiger partial charge in [0, 0.05) is 5.69 Å². The Morgan fingerprint density at radius 3 is 2.63 bits per heavy atom. The van der Waals surface area contributed by atoms with Gasteiger partial charge in [-0.1, -0.05) is 12.1 Å². The first-order chi connectivity index (χ1) is 9.22. The Morgan fingerprint density at radius 2 is 1.84 bits per heavy atom. The lowest BCUT2D eigenvalue weighted by atomic mass is 10.2. The van der Waals surface area contributed by atoms with E-state index in [4.69, 9.17) is 10.5 Å². The van der Waals surface area contributed by atoms with Gasteiger partial charge in [-0.2, -0.15) is 0 Å². The van der Waals surface area contributed by atoms with Gasteiger partial charge < -0.3 is 10.5 Å². The van der Waals surface area contributed by atoms with Gasteiger partial charge in [0.05, 0.1) is 17.2 Å². The van der Waals surface area contributed by atoms with Crippen molar-refractivity contribution in [1.82, 2.24) is 9.97 Å². The van der Waals surface area contributed by atoms with E-state index >= 15 is 0 Å². The van der Waals surface area contributed by atoms with Gasteiger partial charge in [-0.05, 0) is 42.8 Å². The number of hydrogen-bond acceptors (Lipinski definition) is 4. The Bertz CT molecular complexity index is 740. The number of hydrogen-bond donors (Lipinski definition) is 1. The maximum atomic E-state index is 5.77. The van der Waals surface area contributed by atoms with Gasteiger partial charge in [0.2, 0.25) is 5.88 Å². The molecule has 4 nitrogen and oxygen atoms in total.